The molecule has 0 atom stereocenters. The van der Waals surface area contributed by atoms with Crippen LogP contribution in [0.2, 0.25) is 0 Å². The van der Waals surface area contributed by atoms with Crippen molar-refractivity contribution in [1.29, 1.82) is 0 Å². The van der Waals surface area contributed by atoms with Crippen LogP contribution in [0.25, 0.3) is 0 Å². The highest BCUT2D eigenvalue weighted by Gasteiger charge is 2.13. The van der Waals surface area contributed by atoms with Gasteiger partial charge in [0.05, 0.1) is 6.10 Å². The minimum Gasteiger partial charge on any atom is -0.381 e. The highest BCUT2D eigenvalue weighted by Crippen LogP contribution is 2.10. The Labute approximate surface area is 114 Å². The third kappa shape index (κ3) is 5.12. The molecule has 0 amide bonds. The summed E-state index contributed by atoms with van der Waals surface area (Å²) < 4.78 is 11.1. The summed E-state index contributed by atoms with van der Waals surface area (Å²) in [5.41, 5.74) is 1.99. The molecule has 0 aliphatic carbocycles. The quantitative estimate of drug-likeness (QED) is 0.798. The first-order valence-corrected chi connectivity index (χ1v) is 6.99. The maximum Gasteiger partial charge on any atom is 0.223 e. The van der Waals surface area contributed by atoms with E-state index in [1.807, 2.05) is 19.9 Å². The Balaban J connectivity index is 1.60. The number of anilines is 1. The van der Waals surface area contributed by atoms with E-state index < -0.39 is 0 Å². The first-order chi connectivity index (χ1) is 9.24. The molecule has 2 heterocycles. The summed E-state index contributed by atoms with van der Waals surface area (Å²) in [7, 11) is 0. The van der Waals surface area contributed by atoms with Crippen LogP contribution < -0.4 is 5.32 Å². The second-order valence-electron chi connectivity index (χ2n) is 4.94. The molecule has 0 spiro atoms. The molecule has 1 aromatic heterocycles. The topological polar surface area (TPSA) is 56.3 Å². The van der Waals surface area contributed by atoms with E-state index in [0.29, 0.717) is 12.1 Å². The van der Waals surface area contributed by atoms with Crippen LogP contribution in [0.3, 0.4) is 0 Å². The van der Waals surface area contributed by atoms with Crippen molar-refractivity contribution in [3.8, 4) is 0 Å². The number of hydrogen-bond acceptors (Lipinski definition) is 5. The number of ether oxygens (including phenoxy) is 2. The molecule has 0 bridgehead atoms. The van der Waals surface area contributed by atoms with Gasteiger partial charge in [0.15, 0.2) is 0 Å². The molecule has 0 radical (unpaired) electrons. The van der Waals surface area contributed by atoms with E-state index >= 15 is 0 Å². The standard InChI is InChI=1S/C14H23N3O2/c1-11-10-12(2)17-14(16-11)15-6-3-7-19-13-4-8-18-9-5-13/h10,13H,3-9H2,1-2H3,(H,15,16,17). The molecule has 2 rings (SSSR count). The SMILES string of the molecule is Cc1cc(C)nc(NCCCOC2CCOCC2)n1. The van der Waals surface area contributed by atoms with E-state index in [1.165, 1.54) is 0 Å². The summed E-state index contributed by atoms with van der Waals surface area (Å²) in [5.74, 6) is 0.712. The lowest BCUT2D eigenvalue weighted by Crippen LogP contribution is -2.24. The van der Waals surface area contributed by atoms with Gasteiger partial charge in [-0.3, -0.25) is 0 Å². The van der Waals surface area contributed by atoms with Gasteiger partial charge < -0.3 is 14.8 Å². The average Bonchev–Trinajstić information content (AvgIpc) is 2.38. The molecule has 1 N–H and O–H groups in total. The van der Waals surface area contributed by atoms with Crippen LogP contribution in [-0.2, 0) is 9.47 Å². The fraction of sp³-hybridized carbons (Fsp3) is 0.714. The predicted octanol–water partition coefficient (Wildman–Crippen LogP) is 2.09. The van der Waals surface area contributed by atoms with Crippen LogP contribution in [0.4, 0.5) is 5.95 Å². The molecule has 0 unspecified atom stereocenters. The molecule has 106 valence electrons. The van der Waals surface area contributed by atoms with E-state index in [2.05, 4.69) is 15.3 Å². The molecule has 5 nitrogen and oxygen atoms in total. The van der Waals surface area contributed by atoms with Gasteiger partial charge in [0.2, 0.25) is 5.95 Å². The zero-order valence-electron chi connectivity index (χ0n) is 11.8. The first kappa shape index (κ1) is 14.2. The Morgan fingerprint density at radius 1 is 1.26 bits per heavy atom. The first-order valence-electron chi connectivity index (χ1n) is 6.99. The molecule has 5 heteroatoms. The van der Waals surface area contributed by atoms with Crippen molar-refractivity contribution in [2.45, 2.75) is 39.2 Å². The third-order valence-corrected chi connectivity index (χ3v) is 3.11. The number of aromatic nitrogens is 2. The van der Waals surface area contributed by atoms with Crippen LogP contribution in [-0.4, -0.2) is 42.4 Å². The van der Waals surface area contributed by atoms with E-state index in [9.17, 15) is 0 Å². The van der Waals surface area contributed by atoms with E-state index in [0.717, 1.165) is 57.0 Å². The molecule has 1 fully saturated rings. The van der Waals surface area contributed by atoms with Gasteiger partial charge in [-0.15, -0.1) is 0 Å². The molecule has 1 aliphatic rings. The fourth-order valence-electron chi connectivity index (χ4n) is 2.17. The van der Waals surface area contributed by atoms with Gasteiger partial charge in [-0.1, -0.05) is 0 Å². The van der Waals surface area contributed by atoms with Gasteiger partial charge >= 0.3 is 0 Å². The van der Waals surface area contributed by atoms with Crippen LogP contribution in [0.15, 0.2) is 6.07 Å². The monoisotopic (exact) mass is 265 g/mol. The van der Waals surface area contributed by atoms with E-state index in [1.54, 1.807) is 0 Å². The smallest absolute Gasteiger partial charge is 0.223 e. The van der Waals surface area contributed by atoms with E-state index in [4.69, 9.17) is 9.47 Å². The lowest BCUT2D eigenvalue weighted by molar-refractivity contribution is -0.0316. The molecule has 1 aromatic rings. The highest BCUT2D eigenvalue weighted by atomic mass is 16.5. The molecule has 1 aliphatic heterocycles. The summed E-state index contributed by atoms with van der Waals surface area (Å²) in [5, 5.41) is 3.24. The zero-order chi connectivity index (χ0) is 13.5. The molecular formula is C14H23N3O2. The van der Waals surface area contributed by atoms with E-state index in [-0.39, 0.29) is 0 Å². The molecular weight excluding hydrogens is 242 g/mol. The third-order valence-electron chi connectivity index (χ3n) is 3.11. The number of nitrogens with one attached hydrogen (secondary N) is 1. The second-order valence-corrected chi connectivity index (χ2v) is 4.94. The predicted molar refractivity (Wildman–Crippen MR) is 74.4 cm³/mol. The molecule has 1 saturated heterocycles. The van der Waals surface area contributed by atoms with Gasteiger partial charge in [-0.25, -0.2) is 9.97 Å². The number of rotatable bonds is 6. The van der Waals surface area contributed by atoms with Crippen molar-refractivity contribution in [2.75, 3.05) is 31.7 Å². The van der Waals surface area contributed by atoms with Crippen molar-refractivity contribution in [3.05, 3.63) is 17.5 Å². The van der Waals surface area contributed by atoms with Crippen molar-refractivity contribution < 1.29 is 9.47 Å². The zero-order valence-corrected chi connectivity index (χ0v) is 11.8. The summed E-state index contributed by atoms with van der Waals surface area (Å²) in [6, 6.07) is 1.97. The lowest BCUT2D eigenvalue weighted by atomic mass is 10.1. The maximum atomic E-state index is 5.81. The summed E-state index contributed by atoms with van der Waals surface area (Å²) in [6.07, 6.45) is 3.39. The maximum absolute atomic E-state index is 5.81. The molecule has 0 aromatic carbocycles. The normalized spacial score (nSPS) is 16.5. The van der Waals surface area contributed by atoms with Crippen molar-refractivity contribution in [3.63, 3.8) is 0 Å². The number of nitrogens with zero attached hydrogens (tertiary/aromatic N) is 2. The number of hydrogen-bond donors (Lipinski definition) is 1. The van der Waals surface area contributed by atoms with Crippen LogP contribution in [0, 0.1) is 13.8 Å². The Hall–Kier alpha value is -1.20. The Bertz CT molecular complexity index is 372. The van der Waals surface area contributed by atoms with Gasteiger partial charge in [-0.2, -0.15) is 0 Å². The Morgan fingerprint density at radius 2 is 1.95 bits per heavy atom. The van der Waals surface area contributed by atoms with Crippen LogP contribution in [0.5, 0.6) is 0 Å². The molecule has 19 heavy (non-hydrogen) atoms. The Morgan fingerprint density at radius 3 is 2.63 bits per heavy atom. The highest BCUT2D eigenvalue weighted by molar-refractivity contribution is 5.27. The van der Waals surface area contributed by atoms with Crippen LogP contribution in [0.1, 0.15) is 30.7 Å². The summed E-state index contributed by atoms with van der Waals surface area (Å²) in [6.45, 7) is 7.25. The van der Waals surface area contributed by atoms with Crippen molar-refractivity contribution in [1.82, 2.24) is 9.97 Å². The second kappa shape index (κ2) is 7.40. The minimum absolute atomic E-state index is 0.381. The summed E-state index contributed by atoms with van der Waals surface area (Å²) in [4.78, 5) is 8.68. The van der Waals surface area contributed by atoms with Crippen molar-refractivity contribution in [2.24, 2.45) is 0 Å². The minimum atomic E-state index is 0.381. The summed E-state index contributed by atoms with van der Waals surface area (Å²) >= 11 is 0. The fourth-order valence-corrected chi connectivity index (χ4v) is 2.17. The van der Waals surface area contributed by atoms with Gasteiger partial charge in [0.1, 0.15) is 0 Å². The number of aryl methyl sites for hydroxylation is 2. The largest absolute Gasteiger partial charge is 0.381 e. The van der Waals surface area contributed by atoms with Crippen LogP contribution >= 0.6 is 0 Å². The van der Waals surface area contributed by atoms with Gasteiger partial charge in [0.25, 0.3) is 0 Å². The van der Waals surface area contributed by atoms with Gasteiger partial charge in [0, 0.05) is 37.8 Å². The van der Waals surface area contributed by atoms with Crippen molar-refractivity contribution >= 4 is 5.95 Å². The van der Waals surface area contributed by atoms with Gasteiger partial charge in [-0.05, 0) is 39.2 Å². The Kier molecular flexibility index (Phi) is 5.54. The molecule has 0 saturated carbocycles. The average molecular weight is 265 g/mol. The lowest BCUT2D eigenvalue weighted by Gasteiger charge is -2.22.